The summed E-state index contributed by atoms with van der Waals surface area (Å²) in [6.07, 6.45) is 2.99. The standard InChI is InChI=1S/C14H19ClNO5P/c1-11(16(19-2)12-7-6-8-12)14(17)21-22(15,18)20-13-9-4-3-5-10-13/h3-5,9-12H,6-8H2,1-2H3/t11-,22?/m0/s1. The van der Waals surface area contributed by atoms with Crippen molar-refractivity contribution in [2.45, 2.75) is 38.3 Å². The molecule has 2 rings (SSSR count). The summed E-state index contributed by atoms with van der Waals surface area (Å²) in [4.78, 5) is 17.3. The summed E-state index contributed by atoms with van der Waals surface area (Å²) in [5, 5.41) is 1.55. The molecule has 6 nitrogen and oxygen atoms in total. The topological polar surface area (TPSA) is 65.1 Å². The van der Waals surface area contributed by atoms with E-state index >= 15 is 0 Å². The number of carbonyl (C=O) groups excluding carboxylic acids is 1. The number of hydrogen-bond donors (Lipinski definition) is 0. The number of benzene rings is 1. The number of rotatable bonds is 7. The second-order valence-corrected chi connectivity index (χ2v) is 7.52. The fraction of sp³-hybridized carbons (Fsp3) is 0.500. The Morgan fingerprint density at radius 3 is 2.50 bits per heavy atom. The van der Waals surface area contributed by atoms with Gasteiger partial charge in [0.25, 0.3) is 0 Å². The average Bonchev–Trinajstić information content (AvgIpc) is 2.41. The van der Waals surface area contributed by atoms with Gasteiger partial charge in [0.1, 0.15) is 11.8 Å². The SMILES string of the molecule is CON(C1CCC1)[C@@H](C)C(=O)OP(=O)(Cl)Oc1ccccc1. The van der Waals surface area contributed by atoms with Gasteiger partial charge in [-0.3, -0.25) is 0 Å². The van der Waals surface area contributed by atoms with Crippen LogP contribution in [-0.4, -0.2) is 30.2 Å². The van der Waals surface area contributed by atoms with E-state index in [2.05, 4.69) is 0 Å². The Hall–Kier alpha value is -1.07. The first-order valence-corrected chi connectivity index (χ1v) is 9.48. The van der Waals surface area contributed by atoms with Crippen LogP contribution in [0.1, 0.15) is 26.2 Å². The molecular weight excluding hydrogens is 329 g/mol. The van der Waals surface area contributed by atoms with Gasteiger partial charge in [0.05, 0.1) is 7.11 Å². The number of hydroxylamine groups is 2. The average molecular weight is 348 g/mol. The minimum absolute atomic E-state index is 0.164. The number of nitrogens with zero attached hydrogens (tertiary/aromatic N) is 1. The van der Waals surface area contributed by atoms with Crippen molar-refractivity contribution in [2.75, 3.05) is 7.11 Å². The third kappa shape index (κ3) is 4.46. The maximum atomic E-state index is 12.1. The van der Waals surface area contributed by atoms with Crippen molar-refractivity contribution in [1.29, 1.82) is 0 Å². The van der Waals surface area contributed by atoms with Crippen molar-refractivity contribution in [2.24, 2.45) is 0 Å². The Morgan fingerprint density at radius 1 is 1.36 bits per heavy atom. The molecule has 1 unspecified atom stereocenters. The summed E-state index contributed by atoms with van der Waals surface area (Å²) in [6.45, 7) is -2.44. The van der Waals surface area contributed by atoms with Crippen LogP contribution in [0.2, 0.25) is 0 Å². The molecule has 0 spiro atoms. The van der Waals surface area contributed by atoms with Gasteiger partial charge in [-0.05, 0) is 31.9 Å². The van der Waals surface area contributed by atoms with Gasteiger partial charge in [-0.2, -0.15) is 5.06 Å². The Kier molecular flexibility index (Phi) is 5.87. The van der Waals surface area contributed by atoms with Crippen molar-refractivity contribution in [3.63, 3.8) is 0 Å². The zero-order valence-corrected chi connectivity index (χ0v) is 14.1. The molecule has 0 radical (unpaired) electrons. The van der Waals surface area contributed by atoms with Crippen LogP contribution in [0.25, 0.3) is 0 Å². The van der Waals surface area contributed by atoms with Gasteiger partial charge in [0, 0.05) is 17.3 Å². The predicted octanol–water partition coefficient (Wildman–Crippen LogP) is 3.76. The van der Waals surface area contributed by atoms with Crippen molar-refractivity contribution in [1.82, 2.24) is 5.06 Å². The molecule has 122 valence electrons. The van der Waals surface area contributed by atoms with Gasteiger partial charge in [0.2, 0.25) is 0 Å². The molecule has 1 fully saturated rings. The molecule has 1 saturated carbocycles. The molecule has 8 heteroatoms. The lowest BCUT2D eigenvalue weighted by Gasteiger charge is -2.38. The van der Waals surface area contributed by atoms with E-state index in [9.17, 15) is 9.36 Å². The van der Waals surface area contributed by atoms with Crippen LogP contribution in [0, 0.1) is 0 Å². The van der Waals surface area contributed by atoms with E-state index in [0.29, 0.717) is 0 Å². The molecule has 22 heavy (non-hydrogen) atoms. The third-order valence-corrected chi connectivity index (χ3v) is 4.77. The number of halogens is 1. The predicted molar refractivity (Wildman–Crippen MR) is 82.6 cm³/mol. The molecule has 0 heterocycles. The fourth-order valence-corrected chi connectivity index (χ4v) is 3.40. The minimum Gasteiger partial charge on any atom is -0.405 e. The summed E-state index contributed by atoms with van der Waals surface area (Å²) in [5.74, 6) is -0.480. The van der Waals surface area contributed by atoms with Gasteiger partial charge >= 0.3 is 12.9 Å². The van der Waals surface area contributed by atoms with E-state index in [1.54, 1.807) is 42.3 Å². The lowest BCUT2D eigenvalue weighted by Crippen LogP contribution is -2.48. The van der Waals surface area contributed by atoms with Gasteiger partial charge in [-0.15, -0.1) is 0 Å². The van der Waals surface area contributed by atoms with Crippen molar-refractivity contribution in [3.8, 4) is 5.75 Å². The Balaban J connectivity index is 1.95. The van der Waals surface area contributed by atoms with Crippen molar-refractivity contribution >= 4 is 24.2 Å². The molecule has 0 aromatic heterocycles. The highest BCUT2D eigenvalue weighted by Gasteiger charge is 2.37. The Bertz CT molecular complexity index is 551. The monoisotopic (exact) mass is 347 g/mol. The summed E-state index contributed by atoms with van der Waals surface area (Å²) in [5.41, 5.74) is 0. The summed E-state index contributed by atoms with van der Waals surface area (Å²) < 4.78 is 22.0. The van der Waals surface area contributed by atoms with Crippen LogP contribution in [-0.2, 0) is 18.7 Å². The van der Waals surface area contributed by atoms with Crippen LogP contribution < -0.4 is 4.52 Å². The van der Waals surface area contributed by atoms with E-state index in [0.717, 1.165) is 19.3 Å². The molecular formula is C14H19ClNO5P. The zero-order valence-electron chi connectivity index (χ0n) is 12.5. The summed E-state index contributed by atoms with van der Waals surface area (Å²) in [6, 6.07) is 7.75. The van der Waals surface area contributed by atoms with Crippen LogP contribution >= 0.6 is 18.2 Å². The van der Waals surface area contributed by atoms with Crippen LogP contribution in [0.4, 0.5) is 0 Å². The van der Waals surface area contributed by atoms with E-state index in [1.165, 1.54) is 7.11 Å². The number of para-hydroxylation sites is 1. The first kappa shape index (κ1) is 17.3. The molecule has 1 aromatic rings. The molecule has 0 bridgehead atoms. The maximum Gasteiger partial charge on any atom is 0.532 e. The normalized spacial score (nSPS) is 19.1. The third-order valence-electron chi connectivity index (χ3n) is 3.52. The van der Waals surface area contributed by atoms with Gasteiger partial charge < -0.3 is 13.9 Å². The van der Waals surface area contributed by atoms with E-state index in [1.807, 2.05) is 0 Å². The summed E-state index contributed by atoms with van der Waals surface area (Å²) in [7, 11) is 1.49. The first-order chi connectivity index (χ1) is 10.4. The molecule has 2 atom stereocenters. The Morgan fingerprint density at radius 2 is 2.00 bits per heavy atom. The maximum absolute atomic E-state index is 12.1. The number of carbonyl (C=O) groups is 1. The van der Waals surface area contributed by atoms with Crippen LogP contribution in [0.15, 0.2) is 30.3 Å². The molecule has 0 N–H and O–H groups in total. The smallest absolute Gasteiger partial charge is 0.405 e. The highest BCUT2D eigenvalue weighted by atomic mass is 35.7. The fourth-order valence-electron chi connectivity index (χ4n) is 2.18. The highest BCUT2D eigenvalue weighted by molar-refractivity contribution is 7.82. The lowest BCUT2D eigenvalue weighted by molar-refractivity contribution is -0.209. The van der Waals surface area contributed by atoms with Gasteiger partial charge in [-0.25, -0.2) is 9.36 Å². The van der Waals surface area contributed by atoms with Gasteiger partial charge in [-0.1, -0.05) is 24.6 Å². The van der Waals surface area contributed by atoms with Crippen LogP contribution in [0.3, 0.4) is 0 Å². The first-order valence-electron chi connectivity index (χ1n) is 7.03. The summed E-state index contributed by atoms with van der Waals surface area (Å²) >= 11 is 5.72. The molecule has 1 aliphatic carbocycles. The molecule has 0 aliphatic heterocycles. The lowest BCUT2D eigenvalue weighted by atomic mass is 9.92. The van der Waals surface area contributed by atoms with E-state index < -0.39 is 19.0 Å². The minimum atomic E-state index is -4.05. The second-order valence-electron chi connectivity index (χ2n) is 5.05. The van der Waals surface area contributed by atoms with E-state index in [4.69, 9.17) is 25.1 Å². The van der Waals surface area contributed by atoms with E-state index in [-0.39, 0.29) is 11.8 Å². The molecule has 1 aliphatic rings. The van der Waals surface area contributed by atoms with Crippen LogP contribution in [0.5, 0.6) is 5.75 Å². The largest absolute Gasteiger partial charge is 0.532 e. The van der Waals surface area contributed by atoms with Gasteiger partial charge in [0.15, 0.2) is 0 Å². The molecule has 0 amide bonds. The van der Waals surface area contributed by atoms with Crippen molar-refractivity contribution < 1.29 is 23.2 Å². The zero-order chi connectivity index (χ0) is 16.2. The second kappa shape index (κ2) is 7.47. The highest BCUT2D eigenvalue weighted by Crippen LogP contribution is 2.53. The number of hydrogen-bond acceptors (Lipinski definition) is 6. The Labute approximate surface area is 134 Å². The molecule has 0 saturated heterocycles. The molecule has 1 aromatic carbocycles. The quantitative estimate of drug-likeness (QED) is 0.552. The van der Waals surface area contributed by atoms with Crippen molar-refractivity contribution in [3.05, 3.63) is 30.3 Å².